The minimum absolute atomic E-state index is 0.252. The Bertz CT molecular complexity index is 610. The molecular formula is C17H19FN2O. The van der Waals surface area contributed by atoms with E-state index in [2.05, 4.69) is 11.0 Å². The first-order chi connectivity index (χ1) is 10.0. The molecule has 0 aliphatic rings. The molecule has 1 amide bonds. The summed E-state index contributed by atoms with van der Waals surface area (Å²) in [6.45, 7) is 3.17. The highest BCUT2D eigenvalue weighted by Crippen LogP contribution is 2.19. The number of halogens is 1. The quantitative estimate of drug-likeness (QED) is 0.887. The maximum Gasteiger partial charge on any atom is 0.219 e. The van der Waals surface area contributed by atoms with Gasteiger partial charge in [-0.25, -0.2) is 4.39 Å². The first-order valence-electron chi connectivity index (χ1n) is 6.89. The van der Waals surface area contributed by atoms with Crippen molar-refractivity contribution in [3.05, 3.63) is 65.5 Å². The highest BCUT2D eigenvalue weighted by molar-refractivity contribution is 5.74. The first kappa shape index (κ1) is 15.0. The number of rotatable bonds is 6. The number of amides is 1. The van der Waals surface area contributed by atoms with E-state index in [0.717, 1.165) is 16.8 Å². The molecule has 2 aromatic rings. The number of anilines is 1. The lowest BCUT2D eigenvalue weighted by molar-refractivity contribution is -0.117. The van der Waals surface area contributed by atoms with Crippen molar-refractivity contribution in [2.75, 3.05) is 11.4 Å². The molecule has 4 heteroatoms. The number of nitrogens with two attached hydrogens (primary N) is 1. The molecule has 0 aliphatic carbocycles. The Morgan fingerprint density at radius 2 is 1.90 bits per heavy atom. The lowest BCUT2D eigenvalue weighted by Crippen LogP contribution is -2.27. The van der Waals surface area contributed by atoms with Gasteiger partial charge in [-0.1, -0.05) is 24.3 Å². The van der Waals surface area contributed by atoms with Gasteiger partial charge in [-0.2, -0.15) is 0 Å². The fraction of sp³-hybridized carbons (Fsp3) is 0.235. The van der Waals surface area contributed by atoms with Crippen LogP contribution in [0.4, 0.5) is 10.1 Å². The molecule has 0 aliphatic heterocycles. The fourth-order valence-electron chi connectivity index (χ4n) is 2.18. The molecule has 0 heterocycles. The van der Waals surface area contributed by atoms with Gasteiger partial charge < -0.3 is 10.6 Å². The van der Waals surface area contributed by atoms with Crippen LogP contribution >= 0.6 is 0 Å². The van der Waals surface area contributed by atoms with E-state index in [1.54, 1.807) is 12.1 Å². The summed E-state index contributed by atoms with van der Waals surface area (Å²) in [5, 5.41) is 0. The molecule has 2 aromatic carbocycles. The molecule has 0 aromatic heterocycles. The fourth-order valence-corrected chi connectivity index (χ4v) is 2.18. The van der Waals surface area contributed by atoms with E-state index in [-0.39, 0.29) is 18.1 Å². The third-order valence-electron chi connectivity index (χ3n) is 3.28. The molecule has 3 nitrogen and oxygen atoms in total. The topological polar surface area (TPSA) is 46.3 Å². The van der Waals surface area contributed by atoms with Crippen LogP contribution < -0.4 is 10.6 Å². The lowest BCUT2D eigenvalue weighted by Gasteiger charge is -2.25. The maximum atomic E-state index is 13.0. The number of benzene rings is 2. The average Bonchev–Trinajstić information content (AvgIpc) is 2.45. The van der Waals surface area contributed by atoms with Crippen molar-refractivity contribution in [3.8, 4) is 0 Å². The molecule has 0 bridgehead atoms. The molecule has 0 radical (unpaired) electrons. The molecule has 0 spiro atoms. The first-order valence-corrected chi connectivity index (χ1v) is 6.89. The normalized spacial score (nSPS) is 10.4. The van der Waals surface area contributed by atoms with Crippen molar-refractivity contribution >= 4 is 11.6 Å². The molecule has 2 N–H and O–H groups in total. The number of carbonyl (C=O) groups excluding carboxylic acids is 1. The molecule has 0 unspecified atom stereocenters. The third-order valence-corrected chi connectivity index (χ3v) is 3.28. The Morgan fingerprint density at radius 1 is 1.19 bits per heavy atom. The summed E-state index contributed by atoms with van der Waals surface area (Å²) in [6.07, 6.45) is 0.287. The van der Waals surface area contributed by atoms with Crippen LogP contribution in [0.25, 0.3) is 0 Å². The van der Waals surface area contributed by atoms with Crippen molar-refractivity contribution in [2.45, 2.75) is 19.9 Å². The summed E-state index contributed by atoms with van der Waals surface area (Å²) in [5.41, 5.74) is 8.41. The van der Waals surface area contributed by atoms with Gasteiger partial charge in [0.1, 0.15) is 5.82 Å². The van der Waals surface area contributed by atoms with Gasteiger partial charge in [0.25, 0.3) is 0 Å². The highest BCUT2D eigenvalue weighted by Gasteiger charge is 2.09. The van der Waals surface area contributed by atoms with Gasteiger partial charge in [0.15, 0.2) is 0 Å². The summed E-state index contributed by atoms with van der Waals surface area (Å²) in [4.78, 5) is 13.1. The Balaban J connectivity index is 2.19. The average molecular weight is 286 g/mol. The van der Waals surface area contributed by atoms with E-state index >= 15 is 0 Å². The van der Waals surface area contributed by atoms with E-state index in [0.29, 0.717) is 13.1 Å². The number of hydrogen-bond acceptors (Lipinski definition) is 2. The maximum absolute atomic E-state index is 13.0. The highest BCUT2D eigenvalue weighted by atomic mass is 19.1. The van der Waals surface area contributed by atoms with Crippen LogP contribution in [0.1, 0.15) is 17.5 Å². The SMILES string of the molecule is Cc1cccc(N(CCC(N)=O)Cc2ccc(F)cc2)c1. The minimum atomic E-state index is -0.327. The van der Waals surface area contributed by atoms with Gasteiger partial charge in [0.05, 0.1) is 0 Å². The van der Waals surface area contributed by atoms with Crippen molar-refractivity contribution < 1.29 is 9.18 Å². The lowest BCUT2D eigenvalue weighted by atomic mass is 10.1. The summed E-state index contributed by atoms with van der Waals surface area (Å²) in [5.74, 6) is -0.579. The molecular weight excluding hydrogens is 267 g/mol. The Kier molecular flexibility index (Phi) is 4.93. The molecule has 21 heavy (non-hydrogen) atoms. The van der Waals surface area contributed by atoms with Crippen molar-refractivity contribution in [3.63, 3.8) is 0 Å². The minimum Gasteiger partial charge on any atom is -0.370 e. The Hall–Kier alpha value is -2.36. The predicted octanol–water partition coefficient (Wildman–Crippen LogP) is 3.02. The monoisotopic (exact) mass is 286 g/mol. The molecule has 0 saturated carbocycles. The number of nitrogens with zero attached hydrogens (tertiary/aromatic N) is 1. The summed E-state index contributed by atoms with van der Waals surface area (Å²) >= 11 is 0. The van der Waals surface area contributed by atoms with Gasteiger partial charge in [0.2, 0.25) is 5.91 Å². The second-order valence-electron chi connectivity index (χ2n) is 5.10. The van der Waals surface area contributed by atoms with E-state index in [4.69, 9.17) is 5.73 Å². The van der Waals surface area contributed by atoms with Crippen molar-refractivity contribution in [2.24, 2.45) is 5.73 Å². The number of carbonyl (C=O) groups is 1. The summed E-state index contributed by atoms with van der Waals surface area (Å²) < 4.78 is 13.0. The van der Waals surface area contributed by atoms with E-state index in [1.807, 2.05) is 25.1 Å². The van der Waals surface area contributed by atoms with Crippen LogP contribution in [0.2, 0.25) is 0 Å². The van der Waals surface area contributed by atoms with Gasteiger partial charge in [-0.05, 0) is 42.3 Å². The van der Waals surface area contributed by atoms with Crippen LogP contribution in [0, 0.1) is 12.7 Å². The number of hydrogen-bond donors (Lipinski definition) is 1. The Morgan fingerprint density at radius 3 is 2.52 bits per heavy atom. The van der Waals surface area contributed by atoms with E-state index < -0.39 is 0 Å². The van der Waals surface area contributed by atoms with Crippen LogP contribution in [-0.2, 0) is 11.3 Å². The third kappa shape index (κ3) is 4.60. The van der Waals surface area contributed by atoms with Gasteiger partial charge in [-0.3, -0.25) is 4.79 Å². The van der Waals surface area contributed by atoms with Gasteiger partial charge >= 0.3 is 0 Å². The van der Waals surface area contributed by atoms with E-state index in [9.17, 15) is 9.18 Å². The van der Waals surface area contributed by atoms with Crippen LogP contribution in [-0.4, -0.2) is 12.5 Å². The predicted molar refractivity (Wildman–Crippen MR) is 82.4 cm³/mol. The smallest absolute Gasteiger partial charge is 0.219 e. The molecule has 0 fully saturated rings. The van der Waals surface area contributed by atoms with Crippen LogP contribution in [0.3, 0.4) is 0 Å². The second kappa shape index (κ2) is 6.88. The zero-order valence-electron chi connectivity index (χ0n) is 12.1. The zero-order chi connectivity index (χ0) is 15.2. The van der Waals surface area contributed by atoms with E-state index in [1.165, 1.54) is 12.1 Å². The summed E-state index contributed by atoms with van der Waals surface area (Å²) in [7, 11) is 0. The zero-order valence-corrected chi connectivity index (χ0v) is 12.1. The Labute approximate surface area is 124 Å². The number of aryl methyl sites for hydroxylation is 1. The van der Waals surface area contributed by atoms with Crippen molar-refractivity contribution in [1.82, 2.24) is 0 Å². The molecule has 0 atom stereocenters. The summed E-state index contributed by atoms with van der Waals surface area (Å²) in [6, 6.07) is 14.4. The molecule has 2 rings (SSSR count). The second-order valence-corrected chi connectivity index (χ2v) is 5.10. The largest absolute Gasteiger partial charge is 0.370 e. The molecule has 0 saturated heterocycles. The number of primary amides is 1. The standard InChI is InChI=1S/C17H19FN2O/c1-13-3-2-4-16(11-13)20(10-9-17(19)21)12-14-5-7-15(18)8-6-14/h2-8,11H,9-10,12H2,1H3,(H2,19,21). The van der Waals surface area contributed by atoms with Crippen LogP contribution in [0.5, 0.6) is 0 Å². The van der Waals surface area contributed by atoms with Crippen LogP contribution in [0.15, 0.2) is 48.5 Å². The van der Waals surface area contributed by atoms with Gasteiger partial charge in [-0.15, -0.1) is 0 Å². The van der Waals surface area contributed by atoms with Gasteiger partial charge in [0, 0.05) is 25.2 Å². The molecule has 110 valence electrons. The van der Waals surface area contributed by atoms with Crippen molar-refractivity contribution in [1.29, 1.82) is 0 Å².